The minimum atomic E-state index is -5.02. The van der Waals surface area contributed by atoms with E-state index in [0.29, 0.717) is 23.3 Å². The van der Waals surface area contributed by atoms with E-state index in [0.717, 1.165) is 16.5 Å². The molecule has 0 bridgehead atoms. The van der Waals surface area contributed by atoms with Gasteiger partial charge in [-0.05, 0) is 59.6 Å². The molecular formula is C32H25F6N3OS. The lowest BCUT2D eigenvalue weighted by Gasteiger charge is -2.38. The summed E-state index contributed by atoms with van der Waals surface area (Å²) in [6.45, 7) is 0. The van der Waals surface area contributed by atoms with E-state index in [1.54, 1.807) is 66.9 Å². The number of alkyl halides is 6. The number of H-pyrrole nitrogens is 1. The summed E-state index contributed by atoms with van der Waals surface area (Å²) in [4.78, 5) is 3.19. The Balaban J connectivity index is 1.57. The molecule has 5 rings (SSSR count). The Morgan fingerprint density at radius 2 is 1.23 bits per heavy atom. The lowest BCUT2D eigenvalue weighted by atomic mass is 9.78. The standard InChI is InChI=1S/C32H25F6N3OS/c33-31(34,35)23-16-24(32(36,37)38)18-25(17-23)40-29(43)41-28(15-20-19-39-27-14-8-7-13-26(20)27)30(42,21-9-3-1-4-10-21)22-11-5-2-6-12-22/h1-14,16-19,28,39,42H,15H2,(H2,40,41,43)/t28-/m0/s1. The lowest BCUT2D eigenvalue weighted by Crippen LogP contribution is -2.53. The van der Waals surface area contributed by atoms with Crippen molar-refractivity contribution in [1.29, 1.82) is 0 Å². The van der Waals surface area contributed by atoms with Crippen molar-refractivity contribution in [3.8, 4) is 0 Å². The third-order valence-electron chi connectivity index (χ3n) is 7.18. The van der Waals surface area contributed by atoms with Crippen LogP contribution in [0.25, 0.3) is 10.9 Å². The Morgan fingerprint density at radius 1 is 0.721 bits per heavy atom. The second-order valence-electron chi connectivity index (χ2n) is 10.0. The molecule has 43 heavy (non-hydrogen) atoms. The number of thiocarbonyl (C=S) groups is 1. The molecule has 0 aliphatic carbocycles. The van der Waals surface area contributed by atoms with E-state index >= 15 is 0 Å². The van der Waals surface area contributed by atoms with E-state index in [-0.39, 0.29) is 17.6 Å². The molecule has 11 heteroatoms. The smallest absolute Gasteiger partial charge is 0.378 e. The topological polar surface area (TPSA) is 60.1 Å². The first-order chi connectivity index (χ1) is 20.4. The van der Waals surface area contributed by atoms with Crippen molar-refractivity contribution in [2.45, 2.75) is 30.4 Å². The molecule has 4 nitrogen and oxygen atoms in total. The van der Waals surface area contributed by atoms with Crippen LogP contribution >= 0.6 is 12.2 Å². The van der Waals surface area contributed by atoms with Gasteiger partial charge < -0.3 is 20.7 Å². The van der Waals surface area contributed by atoms with Gasteiger partial charge in [-0.15, -0.1) is 0 Å². The third-order valence-corrected chi connectivity index (χ3v) is 7.40. The third kappa shape index (κ3) is 6.52. The molecular weight excluding hydrogens is 588 g/mol. The van der Waals surface area contributed by atoms with Gasteiger partial charge in [0.1, 0.15) is 5.60 Å². The van der Waals surface area contributed by atoms with Gasteiger partial charge in [0.2, 0.25) is 0 Å². The van der Waals surface area contributed by atoms with Gasteiger partial charge in [0, 0.05) is 22.8 Å². The van der Waals surface area contributed by atoms with Gasteiger partial charge in [-0.25, -0.2) is 0 Å². The summed E-state index contributed by atoms with van der Waals surface area (Å²) in [5.74, 6) is 0. The molecule has 0 amide bonds. The number of hydrogen-bond donors (Lipinski definition) is 4. The highest BCUT2D eigenvalue weighted by Gasteiger charge is 2.41. The Hall–Kier alpha value is -4.35. The molecule has 5 aromatic rings. The number of anilines is 1. The summed E-state index contributed by atoms with van der Waals surface area (Å²) in [6, 6.07) is 25.3. The first-order valence-corrected chi connectivity index (χ1v) is 13.5. The monoisotopic (exact) mass is 613 g/mol. The normalized spacial score (nSPS) is 13.1. The van der Waals surface area contributed by atoms with Crippen molar-refractivity contribution >= 4 is 33.9 Å². The maximum Gasteiger partial charge on any atom is 0.416 e. The van der Waals surface area contributed by atoms with Crippen LogP contribution in [0, 0.1) is 0 Å². The molecule has 0 spiro atoms. The van der Waals surface area contributed by atoms with E-state index in [1.807, 2.05) is 24.3 Å². The molecule has 1 heterocycles. The van der Waals surface area contributed by atoms with Crippen LogP contribution in [0.1, 0.15) is 27.8 Å². The van der Waals surface area contributed by atoms with E-state index in [1.165, 1.54) is 0 Å². The van der Waals surface area contributed by atoms with E-state index in [2.05, 4.69) is 15.6 Å². The fourth-order valence-corrected chi connectivity index (χ4v) is 5.39. The Labute approximate surface area is 248 Å². The predicted molar refractivity (Wildman–Crippen MR) is 157 cm³/mol. The zero-order valence-electron chi connectivity index (χ0n) is 22.3. The van der Waals surface area contributed by atoms with Crippen LogP contribution in [0.3, 0.4) is 0 Å². The van der Waals surface area contributed by atoms with Crippen molar-refractivity contribution in [2.75, 3.05) is 5.32 Å². The van der Waals surface area contributed by atoms with Gasteiger partial charge in [0.15, 0.2) is 5.11 Å². The molecule has 0 aliphatic rings. The van der Waals surface area contributed by atoms with Gasteiger partial charge in [-0.1, -0.05) is 78.9 Å². The molecule has 0 radical (unpaired) electrons. The number of aromatic nitrogens is 1. The molecule has 0 fully saturated rings. The maximum atomic E-state index is 13.5. The van der Waals surface area contributed by atoms with Crippen LogP contribution < -0.4 is 10.6 Å². The fraction of sp³-hybridized carbons (Fsp3) is 0.156. The largest absolute Gasteiger partial charge is 0.416 e. The zero-order valence-corrected chi connectivity index (χ0v) is 23.1. The molecule has 4 aromatic carbocycles. The van der Waals surface area contributed by atoms with Gasteiger partial charge in [0.25, 0.3) is 0 Å². The van der Waals surface area contributed by atoms with E-state index in [4.69, 9.17) is 12.2 Å². The number of hydrogen-bond acceptors (Lipinski definition) is 2. The number of rotatable bonds is 7. The number of benzene rings is 4. The lowest BCUT2D eigenvalue weighted by molar-refractivity contribution is -0.143. The first kappa shape index (κ1) is 30.1. The Bertz CT molecular complexity index is 1650. The average molecular weight is 614 g/mol. The molecule has 1 aromatic heterocycles. The second-order valence-corrected chi connectivity index (χ2v) is 10.4. The number of nitrogens with one attached hydrogen (secondary N) is 3. The van der Waals surface area contributed by atoms with Gasteiger partial charge >= 0.3 is 12.4 Å². The van der Waals surface area contributed by atoms with Crippen molar-refractivity contribution in [2.24, 2.45) is 0 Å². The summed E-state index contributed by atoms with van der Waals surface area (Å²) in [7, 11) is 0. The zero-order chi connectivity index (χ0) is 30.8. The second kappa shape index (κ2) is 11.7. The predicted octanol–water partition coefficient (Wildman–Crippen LogP) is 8.04. The number of para-hydroxylation sites is 1. The number of halogens is 6. The highest BCUT2D eigenvalue weighted by Crippen LogP contribution is 2.38. The van der Waals surface area contributed by atoms with Crippen molar-refractivity contribution in [3.05, 3.63) is 137 Å². The van der Waals surface area contributed by atoms with Crippen LogP contribution in [0.5, 0.6) is 0 Å². The van der Waals surface area contributed by atoms with E-state index < -0.39 is 40.8 Å². The summed E-state index contributed by atoms with van der Waals surface area (Å²) in [5, 5.41) is 18.7. The SMILES string of the molecule is OC(c1ccccc1)(c1ccccc1)[C@H](Cc1c[nH]c2ccccc12)NC(=S)Nc1cc(C(F)(F)F)cc(C(F)(F)F)c1. The van der Waals surface area contributed by atoms with Crippen LogP contribution in [-0.4, -0.2) is 21.2 Å². The molecule has 0 aliphatic heterocycles. The molecule has 1 atom stereocenters. The van der Waals surface area contributed by atoms with Gasteiger partial charge in [-0.2, -0.15) is 26.3 Å². The highest BCUT2D eigenvalue weighted by molar-refractivity contribution is 7.80. The number of fused-ring (bicyclic) bond motifs is 1. The van der Waals surface area contributed by atoms with Gasteiger partial charge in [-0.3, -0.25) is 0 Å². The molecule has 222 valence electrons. The fourth-order valence-electron chi connectivity index (χ4n) is 5.13. The first-order valence-electron chi connectivity index (χ1n) is 13.1. The quantitative estimate of drug-likeness (QED) is 0.111. The Kier molecular flexibility index (Phi) is 8.22. The van der Waals surface area contributed by atoms with Crippen molar-refractivity contribution in [3.63, 3.8) is 0 Å². The summed E-state index contributed by atoms with van der Waals surface area (Å²) >= 11 is 5.44. The maximum absolute atomic E-state index is 13.5. The summed E-state index contributed by atoms with van der Waals surface area (Å²) in [5.41, 5.74) is -2.55. The summed E-state index contributed by atoms with van der Waals surface area (Å²) < 4.78 is 80.9. The van der Waals surface area contributed by atoms with Crippen LogP contribution in [0.2, 0.25) is 0 Å². The molecule has 0 unspecified atom stereocenters. The highest BCUT2D eigenvalue weighted by atomic mass is 32.1. The molecule has 0 saturated heterocycles. The van der Waals surface area contributed by atoms with E-state index in [9.17, 15) is 31.4 Å². The minimum absolute atomic E-state index is 0.0467. The average Bonchev–Trinajstić information content (AvgIpc) is 3.39. The Morgan fingerprint density at radius 3 is 1.77 bits per heavy atom. The van der Waals surface area contributed by atoms with Gasteiger partial charge in [0.05, 0.1) is 17.2 Å². The molecule has 0 saturated carbocycles. The number of aromatic amines is 1. The van der Waals surface area contributed by atoms with Crippen LogP contribution in [0.15, 0.2) is 109 Å². The molecule has 4 N–H and O–H groups in total. The minimum Gasteiger partial charge on any atom is -0.378 e. The van der Waals surface area contributed by atoms with Crippen molar-refractivity contribution in [1.82, 2.24) is 10.3 Å². The van der Waals surface area contributed by atoms with Crippen LogP contribution in [0.4, 0.5) is 32.0 Å². The van der Waals surface area contributed by atoms with Crippen molar-refractivity contribution < 1.29 is 31.4 Å². The van der Waals surface area contributed by atoms with Crippen LogP contribution in [-0.2, 0) is 24.4 Å². The summed E-state index contributed by atoms with van der Waals surface area (Å²) in [6.07, 6.45) is -8.09. The number of aliphatic hydroxyl groups is 1.